The quantitative estimate of drug-likeness (QED) is 0.486. The van der Waals surface area contributed by atoms with Crippen molar-refractivity contribution in [1.82, 2.24) is 24.6 Å². The molecule has 3 N–H and O–H groups in total. The van der Waals surface area contributed by atoms with Crippen molar-refractivity contribution >= 4 is 23.1 Å². The highest BCUT2D eigenvalue weighted by Crippen LogP contribution is 2.41. The monoisotopic (exact) mass is 487 g/mol. The van der Waals surface area contributed by atoms with Gasteiger partial charge in [0.05, 0.1) is 30.7 Å². The molecule has 2 aromatic rings. The summed E-state index contributed by atoms with van der Waals surface area (Å²) in [7, 11) is 1.55. The van der Waals surface area contributed by atoms with Crippen LogP contribution in [0.1, 0.15) is 69.8 Å². The Morgan fingerprint density at radius 3 is 2.67 bits per heavy atom. The number of hydrogen-bond acceptors (Lipinski definition) is 6. The van der Waals surface area contributed by atoms with Crippen molar-refractivity contribution in [3.8, 4) is 0 Å². The highest BCUT2D eigenvalue weighted by molar-refractivity contribution is 7.90. The van der Waals surface area contributed by atoms with Gasteiger partial charge in [-0.2, -0.15) is 5.10 Å². The molecule has 9 nitrogen and oxygen atoms in total. The molecule has 1 fully saturated rings. The maximum Gasteiger partial charge on any atom is 0.405 e. The fourth-order valence-corrected chi connectivity index (χ4v) is 4.70. The second-order valence-corrected chi connectivity index (χ2v) is 11.4. The number of carboxylic acid groups (broad SMARTS) is 1. The highest BCUT2D eigenvalue weighted by atomic mass is 32.2. The maximum atomic E-state index is 13.6. The van der Waals surface area contributed by atoms with E-state index >= 15 is 0 Å². The third-order valence-electron chi connectivity index (χ3n) is 5.73. The Morgan fingerprint density at radius 2 is 2.09 bits per heavy atom. The lowest BCUT2D eigenvalue weighted by Crippen LogP contribution is -2.42. The van der Waals surface area contributed by atoms with Crippen molar-refractivity contribution in [1.29, 1.82) is 0 Å². The van der Waals surface area contributed by atoms with E-state index in [0.717, 1.165) is 0 Å². The lowest BCUT2D eigenvalue weighted by atomic mass is 9.81. The Morgan fingerprint density at radius 1 is 1.42 bits per heavy atom. The van der Waals surface area contributed by atoms with E-state index in [0.29, 0.717) is 16.9 Å². The number of nitrogens with one attached hydrogen (secondary N) is 2. The molecular formula is C21H31F2N5O4S. The number of imidazole rings is 1. The van der Waals surface area contributed by atoms with Crippen LogP contribution < -0.4 is 10.0 Å². The number of aromatic nitrogens is 3. The van der Waals surface area contributed by atoms with Gasteiger partial charge in [-0.3, -0.25) is 0 Å². The standard InChI is InChI=1S/C21H31F2N5O4S/c1-20(2,3)33(31)27-16(12-32-4)14-9-17-25-15(11-28(17)24-10-14)18(26-19(29)30)13-5-7-21(22,23)8-6-13/h9-11,13,16,18,26-27H,5-8,12H2,1-4H3,(H,29,30)/t16-,18-,33?/m0/s1. The number of fused-ring (bicyclic) bond motifs is 1. The minimum atomic E-state index is -2.71. The van der Waals surface area contributed by atoms with E-state index < -0.39 is 40.2 Å². The number of nitrogens with zero attached hydrogens (tertiary/aromatic N) is 3. The van der Waals surface area contributed by atoms with E-state index in [9.17, 15) is 23.2 Å². The molecule has 1 unspecified atom stereocenters. The normalized spacial score (nSPS) is 19.8. The van der Waals surface area contributed by atoms with Gasteiger partial charge in [0.25, 0.3) is 0 Å². The SMILES string of the molecule is COC[C@H](N[S+]([O-])C(C)(C)C)c1cnn2cc([C@@H](NC(=O)O)C3CCC(F)(F)CC3)nc2c1. The number of rotatable bonds is 8. The van der Waals surface area contributed by atoms with Crippen molar-refractivity contribution in [2.45, 2.75) is 69.2 Å². The van der Waals surface area contributed by atoms with Crippen LogP contribution in [0.15, 0.2) is 18.5 Å². The molecule has 1 saturated carbocycles. The van der Waals surface area contributed by atoms with Gasteiger partial charge in [0.2, 0.25) is 5.92 Å². The zero-order valence-corrected chi connectivity index (χ0v) is 20.0. The van der Waals surface area contributed by atoms with Crippen molar-refractivity contribution in [3.63, 3.8) is 0 Å². The summed E-state index contributed by atoms with van der Waals surface area (Å²) in [5.74, 6) is -3.00. The molecular weight excluding hydrogens is 456 g/mol. The summed E-state index contributed by atoms with van der Waals surface area (Å²) in [4.78, 5) is 16.0. The van der Waals surface area contributed by atoms with E-state index in [1.807, 2.05) is 20.8 Å². The number of alkyl halides is 2. The van der Waals surface area contributed by atoms with Gasteiger partial charge >= 0.3 is 6.09 Å². The predicted molar refractivity (Wildman–Crippen MR) is 119 cm³/mol. The number of amides is 1. The Bertz CT molecular complexity index is 958. The van der Waals surface area contributed by atoms with Crippen LogP contribution >= 0.6 is 0 Å². The van der Waals surface area contributed by atoms with Crippen molar-refractivity contribution in [2.75, 3.05) is 13.7 Å². The fourth-order valence-electron chi connectivity index (χ4n) is 3.88. The molecule has 1 amide bonds. The van der Waals surface area contributed by atoms with Crippen LogP contribution in [0, 0.1) is 5.92 Å². The molecule has 2 aromatic heterocycles. The second-order valence-electron chi connectivity index (χ2n) is 9.38. The van der Waals surface area contributed by atoms with Crippen LogP contribution in [0.3, 0.4) is 0 Å². The second kappa shape index (κ2) is 10.1. The minimum absolute atomic E-state index is 0.197. The summed E-state index contributed by atoms with van der Waals surface area (Å²) < 4.78 is 49.2. The first-order valence-electron chi connectivity index (χ1n) is 10.8. The molecule has 33 heavy (non-hydrogen) atoms. The van der Waals surface area contributed by atoms with Crippen LogP contribution in [0.5, 0.6) is 0 Å². The van der Waals surface area contributed by atoms with Crippen LogP contribution in [-0.4, -0.2) is 54.7 Å². The first kappa shape index (κ1) is 25.6. The van der Waals surface area contributed by atoms with E-state index in [4.69, 9.17) is 4.74 Å². The zero-order chi connectivity index (χ0) is 24.4. The molecule has 3 atom stereocenters. The third-order valence-corrected chi connectivity index (χ3v) is 7.34. The van der Waals surface area contributed by atoms with Gasteiger partial charge in [0, 0.05) is 31.3 Å². The molecule has 0 radical (unpaired) electrons. The molecule has 184 valence electrons. The average molecular weight is 488 g/mol. The smallest absolute Gasteiger partial charge is 0.405 e. The lowest BCUT2D eigenvalue weighted by molar-refractivity contribution is -0.0495. The van der Waals surface area contributed by atoms with Crippen LogP contribution in [0.2, 0.25) is 0 Å². The molecule has 3 rings (SSSR count). The van der Waals surface area contributed by atoms with Crippen LogP contribution in [0.4, 0.5) is 13.6 Å². The number of methoxy groups -OCH3 is 1. The largest absolute Gasteiger partial charge is 0.598 e. The summed E-state index contributed by atoms with van der Waals surface area (Å²) in [6, 6.07) is 0.645. The van der Waals surface area contributed by atoms with Gasteiger partial charge in [0.15, 0.2) is 5.65 Å². The van der Waals surface area contributed by atoms with Gasteiger partial charge < -0.3 is 19.7 Å². The van der Waals surface area contributed by atoms with Gasteiger partial charge in [0.1, 0.15) is 10.8 Å². The Hall–Kier alpha value is -2.02. The lowest BCUT2D eigenvalue weighted by Gasteiger charge is -2.32. The van der Waals surface area contributed by atoms with E-state index in [-0.39, 0.29) is 38.2 Å². The summed E-state index contributed by atoms with van der Waals surface area (Å²) in [5.41, 5.74) is 1.59. The van der Waals surface area contributed by atoms with Crippen LogP contribution in [-0.2, 0) is 16.1 Å². The number of halogens is 2. The van der Waals surface area contributed by atoms with Gasteiger partial charge in [-0.15, -0.1) is 4.72 Å². The number of carbonyl (C=O) groups is 1. The summed E-state index contributed by atoms with van der Waals surface area (Å²) in [6.45, 7) is 5.84. The molecule has 0 spiro atoms. The molecule has 0 aliphatic heterocycles. The number of ether oxygens (including phenoxy) is 1. The first-order valence-corrected chi connectivity index (χ1v) is 11.9. The molecule has 1 aliphatic carbocycles. The minimum Gasteiger partial charge on any atom is -0.598 e. The van der Waals surface area contributed by atoms with E-state index in [1.54, 1.807) is 25.6 Å². The molecule has 0 bridgehead atoms. The van der Waals surface area contributed by atoms with Crippen molar-refractivity contribution < 1.29 is 28.0 Å². The molecule has 0 saturated heterocycles. The highest BCUT2D eigenvalue weighted by Gasteiger charge is 2.39. The van der Waals surface area contributed by atoms with E-state index in [2.05, 4.69) is 20.1 Å². The fraction of sp³-hybridized carbons (Fsp3) is 0.667. The van der Waals surface area contributed by atoms with E-state index in [1.165, 1.54) is 4.52 Å². The van der Waals surface area contributed by atoms with Gasteiger partial charge in [-0.25, -0.2) is 23.1 Å². The average Bonchev–Trinajstić information content (AvgIpc) is 3.14. The van der Waals surface area contributed by atoms with Gasteiger partial charge in [-0.05, 0) is 51.2 Å². The predicted octanol–water partition coefficient (Wildman–Crippen LogP) is 3.60. The third kappa shape index (κ3) is 6.52. The molecule has 12 heteroatoms. The Labute approximate surface area is 194 Å². The molecule has 2 heterocycles. The summed E-state index contributed by atoms with van der Waals surface area (Å²) >= 11 is -1.34. The van der Waals surface area contributed by atoms with Gasteiger partial charge in [-0.1, -0.05) is 0 Å². The topological polar surface area (TPSA) is 124 Å². The Kier molecular flexibility index (Phi) is 7.82. The van der Waals surface area contributed by atoms with Crippen LogP contribution in [0.25, 0.3) is 5.65 Å². The molecule has 1 aliphatic rings. The van der Waals surface area contributed by atoms with Crippen molar-refractivity contribution in [2.24, 2.45) is 5.92 Å². The zero-order valence-electron chi connectivity index (χ0n) is 19.2. The summed E-state index contributed by atoms with van der Waals surface area (Å²) in [6.07, 6.45) is 1.82. The maximum absolute atomic E-state index is 13.6. The number of hydrogen-bond donors (Lipinski definition) is 3. The van der Waals surface area contributed by atoms with Crippen molar-refractivity contribution in [3.05, 3.63) is 29.7 Å². The Balaban J connectivity index is 1.88. The summed E-state index contributed by atoms with van der Waals surface area (Å²) in [5, 5.41) is 16.1. The first-order chi connectivity index (χ1) is 15.4. The molecule has 0 aromatic carbocycles.